The Morgan fingerprint density at radius 3 is 2.47 bits per heavy atom. The molecule has 2 aromatic heterocycles. The summed E-state index contributed by atoms with van der Waals surface area (Å²) in [4.78, 5) is 47.4. The number of nitrogens with one attached hydrogen (secondary N) is 2. The Hall–Kier alpha value is -4.07. The van der Waals surface area contributed by atoms with Crippen LogP contribution in [0.1, 0.15) is 45.8 Å². The Labute approximate surface area is 185 Å². The Morgan fingerprint density at radius 1 is 0.938 bits per heavy atom. The fourth-order valence-corrected chi connectivity index (χ4v) is 3.47. The number of rotatable bonds is 5. The van der Waals surface area contributed by atoms with Crippen molar-refractivity contribution < 1.29 is 14.4 Å². The second-order valence-corrected chi connectivity index (χ2v) is 7.58. The van der Waals surface area contributed by atoms with Crippen molar-refractivity contribution in [2.45, 2.75) is 26.2 Å². The number of piperidine rings is 1. The molecule has 8 heteroatoms. The maximum atomic E-state index is 12.8. The fourth-order valence-electron chi connectivity index (χ4n) is 3.47. The summed E-state index contributed by atoms with van der Waals surface area (Å²) in [6, 6.07) is 13.8. The summed E-state index contributed by atoms with van der Waals surface area (Å²) >= 11 is 0. The molecule has 0 radical (unpaired) electrons. The van der Waals surface area contributed by atoms with Crippen molar-refractivity contribution in [2.75, 3.05) is 22.1 Å². The summed E-state index contributed by atoms with van der Waals surface area (Å²) in [5.74, 6) is -0.771. The van der Waals surface area contributed by atoms with Crippen molar-refractivity contribution in [2.24, 2.45) is 0 Å². The van der Waals surface area contributed by atoms with Crippen LogP contribution in [0.3, 0.4) is 0 Å². The summed E-state index contributed by atoms with van der Waals surface area (Å²) < 4.78 is 0. The minimum Gasteiger partial charge on any atom is -0.321 e. The highest BCUT2D eigenvalue weighted by Gasteiger charge is 2.20. The highest BCUT2D eigenvalue weighted by molar-refractivity contribution is 6.11. The molecule has 32 heavy (non-hydrogen) atoms. The SMILES string of the molecule is Cc1ccc(C(=O)Nc2cccnc2C(=O)Nc2ccc(N3CCCCC3=O)cc2)nc1. The lowest BCUT2D eigenvalue weighted by atomic mass is 10.1. The number of nitrogens with zero attached hydrogens (tertiary/aromatic N) is 3. The third-order valence-corrected chi connectivity index (χ3v) is 5.18. The van der Waals surface area contributed by atoms with Gasteiger partial charge in [-0.05, 0) is 67.8 Å². The first-order valence-corrected chi connectivity index (χ1v) is 10.4. The fraction of sp³-hybridized carbons (Fsp3) is 0.208. The van der Waals surface area contributed by atoms with Gasteiger partial charge in [0.15, 0.2) is 5.69 Å². The molecule has 0 bridgehead atoms. The number of amides is 3. The molecule has 162 valence electrons. The maximum Gasteiger partial charge on any atom is 0.276 e. The van der Waals surface area contributed by atoms with Gasteiger partial charge in [-0.25, -0.2) is 4.98 Å². The molecule has 3 aromatic rings. The molecule has 3 amide bonds. The van der Waals surface area contributed by atoms with Crippen molar-refractivity contribution in [3.05, 3.63) is 77.9 Å². The van der Waals surface area contributed by atoms with Crippen LogP contribution < -0.4 is 15.5 Å². The zero-order valence-electron chi connectivity index (χ0n) is 17.7. The number of aromatic nitrogens is 2. The van der Waals surface area contributed by atoms with Crippen molar-refractivity contribution >= 4 is 34.8 Å². The van der Waals surface area contributed by atoms with Gasteiger partial charge in [-0.3, -0.25) is 19.4 Å². The van der Waals surface area contributed by atoms with Gasteiger partial charge in [-0.1, -0.05) is 6.07 Å². The van der Waals surface area contributed by atoms with Gasteiger partial charge in [0.1, 0.15) is 5.69 Å². The van der Waals surface area contributed by atoms with Crippen LogP contribution in [0.2, 0.25) is 0 Å². The molecule has 1 aliphatic heterocycles. The van der Waals surface area contributed by atoms with Gasteiger partial charge in [-0.15, -0.1) is 0 Å². The van der Waals surface area contributed by atoms with Gasteiger partial charge in [0.2, 0.25) is 5.91 Å². The lowest BCUT2D eigenvalue weighted by molar-refractivity contribution is -0.119. The highest BCUT2D eigenvalue weighted by Crippen LogP contribution is 2.23. The van der Waals surface area contributed by atoms with Crippen LogP contribution >= 0.6 is 0 Å². The lowest BCUT2D eigenvalue weighted by Crippen LogP contribution is -2.35. The number of aryl methyl sites for hydroxylation is 1. The van der Waals surface area contributed by atoms with Crippen LogP contribution in [0.25, 0.3) is 0 Å². The number of pyridine rings is 2. The van der Waals surface area contributed by atoms with E-state index in [4.69, 9.17) is 0 Å². The minimum atomic E-state index is -0.459. The number of anilines is 3. The van der Waals surface area contributed by atoms with E-state index in [9.17, 15) is 14.4 Å². The second-order valence-electron chi connectivity index (χ2n) is 7.58. The molecule has 3 heterocycles. The van der Waals surface area contributed by atoms with Crippen LogP contribution in [-0.2, 0) is 4.79 Å². The Morgan fingerprint density at radius 2 is 1.75 bits per heavy atom. The average molecular weight is 429 g/mol. The van der Waals surface area contributed by atoms with E-state index in [0.717, 1.165) is 24.1 Å². The number of hydrogen-bond donors (Lipinski definition) is 2. The molecule has 2 N–H and O–H groups in total. The molecule has 4 rings (SSSR count). The summed E-state index contributed by atoms with van der Waals surface area (Å²) in [5.41, 5.74) is 2.93. The van der Waals surface area contributed by atoms with E-state index >= 15 is 0 Å². The number of carbonyl (C=O) groups is 3. The Kier molecular flexibility index (Phi) is 6.21. The van der Waals surface area contributed by atoms with Crippen molar-refractivity contribution in [1.82, 2.24) is 9.97 Å². The molecule has 1 saturated heterocycles. The predicted octanol–water partition coefficient (Wildman–Crippen LogP) is 3.81. The first-order chi connectivity index (χ1) is 15.5. The quantitative estimate of drug-likeness (QED) is 0.642. The summed E-state index contributed by atoms with van der Waals surface area (Å²) in [5, 5.41) is 5.49. The monoisotopic (exact) mass is 429 g/mol. The standard InChI is InChI=1S/C24H23N5O3/c1-16-7-12-20(26-15-16)23(31)28-19-5-4-13-25-22(19)24(32)27-17-8-10-18(11-9-17)29-14-3-2-6-21(29)30/h4-5,7-13,15H,2-3,6,14H2,1H3,(H,27,32)(H,28,31). The molecule has 0 spiro atoms. The van der Waals surface area contributed by atoms with Gasteiger partial charge in [0, 0.05) is 36.7 Å². The van der Waals surface area contributed by atoms with Crippen LogP contribution in [0.4, 0.5) is 17.1 Å². The van der Waals surface area contributed by atoms with Gasteiger partial charge in [-0.2, -0.15) is 0 Å². The largest absolute Gasteiger partial charge is 0.321 e. The van der Waals surface area contributed by atoms with E-state index in [-0.39, 0.29) is 23.0 Å². The Balaban J connectivity index is 1.46. The molecule has 0 saturated carbocycles. The lowest BCUT2D eigenvalue weighted by Gasteiger charge is -2.26. The van der Waals surface area contributed by atoms with E-state index in [1.54, 1.807) is 47.5 Å². The average Bonchev–Trinajstić information content (AvgIpc) is 2.81. The van der Waals surface area contributed by atoms with E-state index < -0.39 is 11.8 Å². The molecule has 0 unspecified atom stereocenters. The third-order valence-electron chi connectivity index (χ3n) is 5.18. The number of carbonyl (C=O) groups excluding carboxylic acids is 3. The smallest absolute Gasteiger partial charge is 0.276 e. The van der Waals surface area contributed by atoms with Crippen LogP contribution in [0, 0.1) is 6.92 Å². The van der Waals surface area contributed by atoms with E-state index in [0.29, 0.717) is 18.7 Å². The van der Waals surface area contributed by atoms with Crippen LogP contribution in [-0.4, -0.2) is 34.2 Å². The molecule has 8 nitrogen and oxygen atoms in total. The third kappa shape index (κ3) is 4.80. The molecule has 1 aromatic carbocycles. The molecular formula is C24H23N5O3. The predicted molar refractivity (Wildman–Crippen MR) is 122 cm³/mol. The minimum absolute atomic E-state index is 0.0863. The van der Waals surface area contributed by atoms with Gasteiger partial charge < -0.3 is 15.5 Å². The van der Waals surface area contributed by atoms with Crippen molar-refractivity contribution in [3.8, 4) is 0 Å². The van der Waals surface area contributed by atoms with Crippen LogP contribution in [0.5, 0.6) is 0 Å². The first-order valence-electron chi connectivity index (χ1n) is 10.4. The summed E-state index contributed by atoms with van der Waals surface area (Å²) in [6.45, 7) is 2.59. The molecule has 0 aliphatic carbocycles. The second kappa shape index (κ2) is 9.38. The number of benzene rings is 1. The summed E-state index contributed by atoms with van der Waals surface area (Å²) in [6.07, 6.45) is 5.56. The van der Waals surface area contributed by atoms with E-state index in [1.165, 1.54) is 6.20 Å². The van der Waals surface area contributed by atoms with Gasteiger partial charge in [0.05, 0.1) is 5.69 Å². The topological polar surface area (TPSA) is 104 Å². The Bertz CT molecular complexity index is 1140. The van der Waals surface area contributed by atoms with Gasteiger partial charge in [0.25, 0.3) is 11.8 Å². The highest BCUT2D eigenvalue weighted by atomic mass is 16.2. The number of hydrogen-bond acceptors (Lipinski definition) is 5. The van der Waals surface area contributed by atoms with Crippen LogP contribution in [0.15, 0.2) is 60.9 Å². The first kappa shape index (κ1) is 21.2. The van der Waals surface area contributed by atoms with Crippen molar-refractivity contribution in [3.63, 3.8) is 0 Å². The molecule has 0 atom stereocenters. The van der Waals surface area contributed by atoms with Crippen molar-refractivity contribution in [1.29, 1.82) is 0 Å². The van der Waals surface area contributed by atoms with E-state index in [1.807, 2.05) is 19.1 Å². The molecular weight excluding hydrogens is 406 g/mol. The zero-order chi connectivity index (χ0) is 22.5. The summed E-state index contributed by atoms with van der Waals surface area (Å²) in [7, 11) is 0. The normalized spacial score (nSPS) is 13.5. The van der Waals surface area contributed by atoms with E-state index in [2.05, 4.69) is 20.6 Å². The molecule has 1 fully saturated rings. The molecule has 1 aliphatic rings. The maximum absolute atomic E-state index is 12.8. The zero-order valence-corrected chi connectivity index (χ0v) is 17.7. The van der Waals surface area contributed by atoms with Gasteiger partial charge >= 0.3 is 0 Å².